The van der Waals surface area contributed by atoms with Gasteiger partial charge in [0.2, 0.25) is 0 Å². The van der Waals surface area contributed by atoms with Gasteiger partial charge in [0.25, 0.3) is 0 Å². The van der Waals surface area contributed by atoms with Crippen LogP contribution >= 0.6 is 12.4 Å². The fourth-order valence-electron chi connectivity index (χ4n) is 0.694. The summed E-state index contributed by atoms with van der Waals surface area (Å²) in [6.07, 6.45) is 0. The number of hydrogen-bond acceptors (Lipinski definition) is 3. The Kier molecular flexibility index (Phi) is 3.54. The fraction of sp³-hybridized carbons (Fsp3) is 0.143. The van der Waals surface area contributed by atoms with Crippen LogP contribution in [0.15, 0.2) is 18.2 Å². The van der Waals surface area contributed by atoms with Crippen molar-refractivity contribution < 1.29 is 9.84 Å². The Bertz CT molecular complexity index is 240. The molecule has 0 heterocycles. The molecule has 0 aliphatic heterocycles. The van der Waals surface area contributed by atoms with Crippen LogP contribution in [0.4, 0.5) is 5.69 Å². The molecule has 62 valence electrons. The molecule has 1 aromatic rings. The molecule has 4 heteroatoms. The first kappa shape index (κ1) is 9.91. The summed E-state index contributed by atoms with van der Waals surface area (Å²) < 4.78 is 4.80. The van der Waals surface area contributed by atoms with Crippen LogP contribution in [0.3, 0.4) is 0 Å². The molecule has 0 fully saturated rings. The number of phenols is 1. The smallest absolute Gasteiger partial charge is 0.162 e. The van der Waals surface area contributed by atoms with Gasteiger partial charge in [-0.25, -0.2) is 0 Å². The first-order chi connectivity index (χ1) is 4.74. The van der Waals surface area contributed by atoms with Crippen molar-refractivity contribution in [1.29, 1.82) is 0 Å². The highest BCUT2D eigenvalue weighted by Crippen LogP contribution is 2.26. The molecule has 0 saturated heterocycles. The number of nitrogens with two attached hydrogens (primary N) is 1. The van der Waals surface area contributed by atoms with Crippen molar-refractivity contribution in [2.24, 2.45) is 0 Å². The van der Waals surface area contributed by atoms with E-state index in [4.69, 9.17) is 15.6 Å². The molecule has 0 aliphatic carbocycles. The van der Waals surface area contributed by atoms with Gasteiger partial charge in [-0.05, 0) is 12.1 Å². The quantitative estimate of drug-likeness (QED) is 0.501. The average Bonchev–Trinajstić information content (AvgIpc) is 1.94. The van der Waals surface area contributed by atoms with Crippen molar-refractivity contribution in [3.05, 3.63) is 18.2 Å². The van der Waals surface area contributed by atoms with Gasteiger partial charge in [0.15, 0.2) is 11.5 Å². The molecule has 3 N–H and O–H groups in total. The number of anilines is 1. The van der Waals surface area contributed by atoms with Crippen LogP contribution in [0.2, 0.25) is 0 Å². The standard InChI is InChI=1S/C7H9NO2.ClH/c1-10-7-4-5(8)2-3-6(7)9;/h2-4,9H,8H2,1H3;1H. The Hall–Kier alpha value is -1.09. The van der Waals surface area contributed by atoms with Crippen molar-refractivity contribution in [2.45, 2.75) is 0 Å². The summed E-state index contributed by atoms with van der Waals surface area (Å²) in [4.78, 5) is 0. The molecule has 1 aromatic carbocycles. The molecule has 0 aliphatic rings. The number of methoxy groups -OCH3 is 1. The first-order valence-electron chi connectivity index (χ1n) is 2.86. The number of ether oxygens (including phenoxy) is 1. The van der Waals surface area contributed by atoms with E-state index >= 15 is 0 Å². The molecule has 0 amide bonds. The van der Waals surface area contributed by atoms with Crippen LogP contribution in [0, 0.1) is 0 Å². The van der Waals surface area contributed by atoms with E-state index in [0.29, 0.717) is 11.4 Å². The van der Waals surface area contributed by atoms with Gasteiger partial charge in [-0.15, -0.1) is 12.4 Å². The van der Waals surface area contributed by atoms with Crippen LogP contribution < -0.4 is 10.5 Å². The molecular formula is C7H10ClNO2. The maximum Gasteiger partial charge on any atom is 0.162 e. The number of aromatic hydroxyl groups is 1. The minimum absolute atomic E-state index is 0. The monoisotopic (exact) mass is 175 g/mol. The maximum absolute atomic E-state index is 9.05. The topological polar surface area (TPSA) is 55.5 Å². The number of benzene rings is 1. The predicted molar refractivity (Wildman–Crippen MR) is 46.3 cm³/mol. The predicted octanol–water partition coefficient (Wildman–Crippen LogP) is 1.40. The van der Waals surface area contributed by atoms with Crippen molar-refractivity contribution in [3.8, 4) is 11.5 Å². The summed E-state index contributed by atoms with van der Waals surface area (Å²) in [5.74, 6) is 0.511. The van der Waals surface area contributed by atoms with Crippen LogP contribution in [-0.4, -0.2) is 12.2 Å². The molecule has 0 saturated carbocycles. The number of rotatable bonds is 1. The Morgan fingerprint density at radius 1 is 1.45 bits per heavy atom. The van der Waals surface area contributed by atoms with Gasteiger partial charge < -0.3 is 15.6 Å². The number of nitrogen functional groups attached to an aromatic ring is 1. The van der Waals surface area contributed by atoms with Gasteiger partial charge >= 0.3 is 0 Å². The third-order valence-electron chi connectivity index (χ3n) is 1.20. The van der Waals surface area contributed by atoms with Gasteiger partial charge in [0, 0.05) is 11.8 Å². The van der Waals surface area contributed by atoms with E-state index in [2.05, 4.69) is 0 Å². The summed E-state index contributed by atoms with van der Waals surface area (Å²) in [6.45, 7) is 0. The van der Waals surface area contributed by atoms with E-state index in [9.17, 15) is 0 Å². The van der Waals surface area contributed by atoms with Crippen molar-refractivity contribution >= 4 is 18.1 Å². The second-order valence-corrected chi connectivity index (χ2v) is 1.93. The van der Waals surface area contributed by atoms with E-state index in [-0.39, 0.29) is 18.2 Å². The summed E-state index contributed by atoms with van der Waals surface area (Å²) >= 11 is 0. The van der Waals surface area contributed by atoms with E-state index in [1.54, 1.807) is 12.1 Å². The normalized spacial score (nSPS) is 8.45. The summed E-state index contributed by atoms with van der Waals surface area (Å²) in [5.41, 5.74) is 5.99. The number of hydrogen-bond donors (Lipinski definition) is 2. The summed E-state index contributed by atoms with van der Waals surface area (Å²) in [6, 6.07) is 4.67. The lowest BCUT2D eigenvalue weighted by atomic mass is 10.3. The molecule has 0 atom stereocenters. The molecule has 11 heavy (non-hydrogen) atoms. The number of halogens is 1. The van der Waals surface area contributed by atoms with E-state index in [1.165, 1.54) is 13.2 Å². The molecule has 0 radical (unpaired) electrons. The lowest BCUT2D eigenvalue weighted by Crippen LogP contribution is -1.87. The van der Waals surface area contributed by atoms with Crippen molar-refractivity contribution in [1.82, 2.24) is 0 Å². The first-order valence-corrected chi connectivity index (χ1v) is 2.86. The van der Waals surface area contributed by atoms with E-state index < -0.39 is 0 Å². The van der Waals surface area contributed by atoms with Gasteiger partial charge in [0.05, 0.1) is 7.11 Å². The summed E-state index contributed by atoms with van der Waals surface area (Å²) in [7, 11) is 1.48. The lowest BCUT2D eigenvalue weighted by molar-refractivity contribution is 0.374. The molecule has 0 bridgehead atoms. The third kappa shape index (κ3) is 2.20. The average molecular weight is 176 g/mol. The fourth-order valence-corrected chi connectivity index (χ4v) is 0.694. The Morgan fingerprint density at radius 2 is 2.09 bits per heavy atom. The largest absolute Gasteiger partial charge is 0.504 e. The molecule has 0 aromatic heterocycles. The van der Waals surface area contributed by atoms with Crippen LogP contribution in [0.25, 0.3) is 0 Å². The van der Waals surface area contributed by atoms with E-state index in [0.717, 1.165) is 0 Å². The zero-order valence-electron chi connectivity index (χ0n) is 6.07. The maximum atomic E-state index is 9.05. The van der Waals surface area contributed by atoms with Crippen molar-refractivity contribution in [3.63, 3.8) is 0 Å². The summed E-state index contributed by atoms with van der Waals surface area (Å²) in [5, 5.41) is 9.05. The van der Waals surface area contributed by atoms with Crippen molar-refractivity contribution in [2.75, 3.05) is 12.8 Å². The van der Waals surface area contributed by atoms with Gasteiger partial charge in [-0.2, -0.15) is 0 Å². The van der Waals surface area contributed by atoms with E-state index in [1.807, 2.05) is 0 Å². The van der Waals surface area contributed by atoms with Crippen LogP contribution in [-0.2, 0) is 0 Å². The zero-order valence-corrected chi connectivity index (χ0v) is 6.89. The highest BCUT2D eigenvalue weighted by Gasteiger charge is 1.98. The minimum Gasteiger partial charge on any atom is -0.504 e. The highest BCUT2D eigenvalue weighted by molar-refractivity contribution is 5.85. The molecular weight excluding hydrogens is 166 g/mol. The minimum atomic E-state index is 0. The number of phenolic OH excluding ortho intramolecular Hbond substituents is 1. The SMILES string of the molecule is COc1cc(N)ccc1O.Cl. The van der Waals surface area contributed by atoms with Crippen LogP contribution in [0.5, 0.6) is 11.5 Å². The third-order valence-corrected chi connectivity index (χ3v) is 1.20. The van der Waals surface area contributed by atoms with Gasteiger partial charge in [-0.1, -0.05) is 0 Å². The Morgan fingerprint density at radius 3 is 2.55 bits per heavy atom. The zero-order chi connectivity index (χ0) is 7.56. The Labute approximate surface area is 71.2 Å². The Balaban J connectivity index is 0.000001000. The molecule has 0 spiro atoms. The lowest BCUT2D eigenvalue weighted by Gasteiger charge is -2.02. The second kappa shape index (κ2) is 3.93. The molecule has 1 rings (SSSR count). The highest BCUT2D eigenvalue weighted by atomic mass is 35.5. The van der Waals surface area contributed by atoms with Gasteiger partial charge in [-0.3, -0.25) is 0 Å². The van der Waals surface area contributed by atoms with Gasteiger partial charge in [0.1, 0.15) is 0 Å². The van der Waals surface area contributed by atoms with Crippen LogP contribution in [0.1, 0.15) is 0 Å². The second-order valence-electron chi connectivity index (χ2n) is 1.93. The molecule has 3 nitrogen and oxygen atoms in total. The molecule has 0 unspecified atom stereocenters.